The largest absolute Gasteiger partial charge is 0.465 e. The normalized spacial score (nSPS) is 10.6. The molecule has 0 saturated carbocycles. The summed E-state index contributed by atoms with van der Waals surface area (Å²) in [6.45, 7) is 2.07. The van der Waals surface area contributed by atoms with Crippen LogP contribution in [0.2, 0.25) is 0 Å². The van der Waals surface area contributed by atoms with E-state index in [1.165, 1.54) is 18.2 Å². The number of carbonyl (C=O) groups is 2. The minimum atomic E-state index is -0.473. The van der Waals surface area contributed by atoms with Crippen molar-refractivity contribution in [2.45, 2.75) is 13.3 Å². The van der Waals surface area contributed by atoms with E-state index in [1.807, 2.05) is 24.3 Å². The molecule has 0 saturated heterocycles. The van der Waals surface area contributed by atoms with Crippen molar-refractivity contribution < 1.29 is 19.1 Å². The fourth-order valence-electron chi connectivity index (χ4n) is 3.54. The Morgan fingerprint density at radius 3 is 1.74 bits per heavy atom. The lowest BCUT2D eigenvalue weighted by Gasteiger charge is -2.10. The Bertz CT molecular complexity index is 1240. The predicted octanol–water partition coefficient (Wildman–Crippen LogP) is 5.74. The zero-order valence-corrected chi connectivity index (χ0v) is 17.4. The molecule has 0 spiro atoms. The number of rotatable bonds is 5. The minimum Gasteiger partial charge on any atom is -0.465 e. The fourth-order valence-corrected chi connectivity index (χ4v) is 3.54. The molecule has 0 aliphatic heterocycles. The van der Waals surface area contributed by atoms with Gasteiger partial charge in [0, 0.05) is 0 Å². The lowest BCUT2D eigenvalue weighted by atomic mass is 9.99. The van der Waals surface area contributed by atoms with Crippen molar-refractivity contribution in [3.8, 4) is 5.75 Å². The lowest BCUT2D eigenvalue weighted by molar-refractivity contribution is 0.0601. The standard InChI is InChI=1S/C27H22O4/c1-18-7-9-19(10-8-18)17-20-11-13-21(14-12-20)31-27(29)25-16-15-24(26(28)30-2)22-5-3-4-6-23(22)25/h3-16H,17H2,1-2H3. The van der Waals surface area contributed by atoms with Crippen molar-refractivity contribution >= 4 is 22.7 Å². The van der Waals surface area contributed by atoms with Crippen LogP contribution in [0.15, 0.2) is 84.9 Å². The summed E-state index contributed by atoms with van der Waals surface area (Å²) in [6, 6.07) is 26.4. The summed E-state index contributed by atoms with van der Waals surface area (Å²) < 4.78 is 10.4. The summed E-state index contributed by atoms with van der Waals surface area (Å²) >= 11 is 0. The maximum absolute atomic E-state index is 12.8. The maximum atomic E-state index is 12.8. The molecule has 0 aliphatic carbocycles. The Kier molecular flexibility index (Phi) is 5.80. The monoisotopic (exact) mass is 410 g/mol. The minimum absolute atomic E-state index is 0.395. The van der Waals surface area contributed by atoms with E-state index in [0.717, 1.165) is 12.0 Å². The molecule has 0 bridgehead atoms. The lowest BCUT2D eigenvalue weighted by Crippen LogP contribution is -2.11. The van der Waals surface area contributed by atoms with E-state index in [4.69, 9.17) is 9.47 Å². The highest BCUT2D eigenvalue weighted by atomic mass is 16.5. The van der Waals surface area contributed by atoms with Crippen LogP contribution in [0, 0.1) is 6.92 Å². The third-order valence-electron chi connectivity index (χ3n) is 5.21. The van der Waals surface area contributed by atoms with Gasteiger partial charge in [-0.3, -0.25) is 0 Å². The molecule has 0 fully saturated rings. The number of benzene rings is 4. The second-order valence-corrected chi connectivity index (χ2v) is 7.39. The number of hydrogen-bond donors (Lipinski definition) is 0. The Morgan fingerprint density at radius 1 is 0.677 bits per heavy atom. The summed E-state index contributed by atoms with van der Waals surface area (Å²) in [5, 5.41) is 1.30. The van der Waals surface area contributed by atoms with Crippen LogP contribution in [0.1, 0.15) is 37.4 Å². The number of carbonyl (C=O) groups excluding carboxylic acids is 2. The average Bonchev–Trinajstić information content (AvgIpc) is 2.80. The average molecular weight is 410 g/mol. The summed E-state index contributed by atoms with van der Waals surface area (Å²) in [5.74, 6) is -0.446. The van der Waals surface area contributed by atoms with Gasteiger partial charge in [0.15, 0.2) is 0 Å². The topological polar surface area (TPSA) is 52.6 Å². The Morgan fingerprint density at radius 2 is 1.19 bits per heavy atom. The van der Waals surface area contributed by atoms with Crippen LogP contribution in [0.5, 0.6) is 5.75 Å². The third-order valence-corrected chi connectivity index (χ3v) is 5.21. The molecule has 4 rings (SSSR count). The third kappa shape index (κ3) is 4.48. The molecule has 0 amide bonds. The van der Waals surface area contributed by atoms with Gasteiger partial charge in [0.2, 0.25) is 0 Å². The van der Waals surface area contributed by atoms with Gasteiger partial charge < -0.3 is 9.47 Å². The number of hydrogen-bond acceptors (Lipinski definition) is 4. The zero-order valence-electron chi connectivity index (χ0n) is 17.4. The smallest absolute Gasteiger partial charge is 0.344 e. The quantitative estimate of drug-likeness (QED) is 0.311. The van der Waals surface area contributed by atoms with Gasteiger partial charge in [0.1, 0.15) is 5.75 Å². The molecule has 0 atom stereocenters. The first-order valence-corrected chi connectivity index (χ1v) is 10.0. The molecule has 4 heteroatoms. The van der Waals surface area contributed by atoms with Crippen LogP contribution in [0.4, 0.5) is 0 Å². The number of fused-ring (bicyclic) bond motifs is 1. The summed E-state index contributed by atoms with van der Waals surface area (Å²) in [7, 11) is 1.34. The van der Waals surface area contributed by atoms with Crippen LogP contribution >= 0.6 is 0 Å². The molecule has 31 heavy (non-hydrogen) atoms. The SMILES string of the molecule is COC(=O)c1ccc(C(=O)Oc2ccc(Cc3ccc(C)cc3)cc2)c2ccccc12. The van der Waals surface area contributed by atoms with Crippen LogP contribution in [-0.4, -0.2) is 19.0 Å². The van der Waals surface area contributed by atoms with E-state index in [9.17, 15) is 9.59 Å². The first-order valence-electron chi connectivity index (χ1n) is 10.0. The first kappa shape index (κ1) is 20.4. The molecule has 0 aromatic heterocycles. The van der Waals surface area contributed by atoms with E-state index in [1.54, 1.807) is 36.4 Å². The van der Waals surface area contributed by atoms with E-state index in [2.05, 4.69) is 31.2 Å². The Labute approximate surface area is 181 Å². The molecule has 0 heterocycles. The molecular formula is C27H22O4. The second kappa shape index (κ2) is 8.84. The first-order chi connectivity index (χ1) is 15.0. The number of esters is 2. The Hall–Kier alpha value is -3.92. The predicted molar refractivity (Wildman–Crippen MR) is 121 cm³/mol. The van der Waals surface area contributed by atoms with Crippen molar-refractivity contribution in [2.24, 2.45) is 0 Å². The van der Waals surface area contributed by atoms with Gasteiger partial charge in [-0.25, -0.2) is 9.59 Å². The summed E-state index contributed by atoms with van der Waals surface area (Å²) in [5.41, 5.74) is 4.41. The summed E-state index contributed by atoms with van der Waals surface area (Å²) in [4.78, 5) is 24.9. The molecule has 4 aromatic carbocycles. The zero-order chi connectivity index (χ0) is 21.8. The molecule has 154 valence electrons. The van der Waals surface area contributed by atoms with E-state index < -0.39 is 11.9 Å². The van der Waals surface area contributed by atoms with Crippen molar-refractivity contribution in [1.82, 2.24) is 0 Å². The van der Waals surface area contributed by atoms with Gasteiger partial charge in [-0.1, -0.05) is 66.2 Å². The van der Waals surface area contributed by atoms with Crippen LogP contribution < -0.4 is 4.74 Å². The van der Waals surface area contributed by atoms with E-state index in [-0.39, 0.29) is 0 Å². The maximum Gasteiger partial charge on any atom is 0.344 e. The van der Waals surface area contributed by atoms with Crippen molar-refractivity contribution in [1.29, 1.82) is 0 Å². The van der Waals surface area contributed by atoms with E-state index in [0.29, 0.717) is 27.6 Å². The van der Waals surface area contributed by atoms with Gasteiger partial charge >= 0.3 is 11.9 Å². The molecule has 0 unspecified atom stereocenters. The molecule has 4 aromatic rings. The van der Waals surface area contributed by atoms with Gasteiger partial charge in [-0.15, -0.1) is 0 Å². The van der Waals surface area contributed by atoms with Crippen molar-refractivity contribution in [3.05, 3.63) is 113 Å². The highest BCUT2D eigenvalue weighted by molar-refractivity contribution is 6.12. The van der Waals surface area contributed by atoms with Gasteiger partial charge in [0.25, 0.3) is 0 Å². The number of ether oxygens (including phenoxy) is 2. The van der Waals surface area contributed by atoms with Crippen LogP contribution in [0.3, 0.4) is 0 Å². The number of methoxy groups -OCH3 is 1. The number of aryl methyl sites for hydroxylation is 1. The molecule has 0 aliphatic rings. The van der Waals surface area contributed by atoms with Gasteiger partial charge in [-0.2, -0.15) is 0 Å². The molecule has 4 nitrogen and oxygen atoms in total. The van der Waals surface area contributed by atoms with Gasteiger partial charge in [0.05, 0.1) is 18.2 Å². The highest BCUT2D eigenvalue weighted by Crippen LogP contribution is 2.25. The fraction of sp³-hybridized carbons (Fsp3) is 0.111. The molecular weight excluding hydrogens is 388 g/mol. The molecule has 0 N–H and O–H groups in total. The Balaban J connectivity index is 1.54. The van der Waals surface area contributed by atoms with Crippen LogP contribution in [0.25, 0.3) is 10.8 Å². The van der Waals surface area contributed by atoms with Crippen molar-refractivity contribution in [2.75, 3.05) is 7.11 Å². The van der Waals surface area contributed by atoms with E-state index >= 15 is 0 Å². The second-order valence-electron chi connectivity index (χ2n) is 7.39. The van der Waals surface area contributed by atoms with Crippen LogP contribution in [-0.2, 0) is 11.2 Å². The highest BCUT2D eigenvalue weighted by Gasteiger charge is 2.17. The molecule has 0 radical (unpaired) electrons. The summed E-state index contributed by atoms with van der Waals surface area (Å²) in [6.07, 6.45) is 0.814. The van der Waals surface area contributed by atoms with Crippen molar-refractivity contribution in [3.63, 3.8) is 0 Å². The van der Waals surface area contributed by atoms with Gasteiger partial charge in [-0.05, 0) is 59.5 Å².